The van der Waals surface area contributed by atoms with E-state index >= 15 is 0 Å². The van der Waals surface area contributed by atoms with Crippen molar-refractivity contribution in [3.05, 3.63) is 162 Å². The van der Waals surface area contributed by atoms with Crippen molar-refractivity contribution in [2.45, 2.75) is 31.8 Å². The standard InChI is InChI=1S/C35H34BrP/c36-37(33-19-7-2-8-20-33,34-21-9-3-10-22-34,35-23-11-4-12-24-35)29-32-27-25-31(26-28-32)18-14-13-17-30-15-5-1-6-16-30/h1-12,15-16,19-28H,13-14,17-18,29H2. The van der Waals surface area contributed by atoms with Crippen LogP contribution in [0.2, 0.25) is 0 Å². The Morgan fingerprint density at radius 1 is 0.378 bits per heavy atom. The summed E-state index contributed by atoms with van der Waals surface area (Å²) in [5, 5.41) is 1.11. The minimum atomic E-state index is -2.96. The first kappa shape index (κ1) is 25.7. The van der Waals surface area contributed by atoms with Gasteiger partial charge >= 0.3 is 225 Å². The molecule has 0 saturated heterocycles. The molecule has 0 heterocycles. The van der Waals surface area contributed by atoms with Crippen LogP contribution in [0, 0.1) is 0 Å². The Balaban J connectivity index is 1.44. The van der Waals surface area contributed by atoms with Gasteiger partial charge in [0.05, 0.1) is 0 Å². The Kier molecular flexibility index (Phi) is 8.04. The van der Waals surface area contributed by atoms with Gasteiger partial charge in [-0.2, -0.15) is 0 Å². The fraction of sp³-hybridized carbons (Fsp3) is 0.143. The van der Waals surface area contributed by atoms with Gasteiger partial charge in [-0.15, -0.1) is 0 Å². The summed E-state index contributed by atoms with van der Waals surface area (Å²) in [6.45, 7) is 0. The second kappa shape index (κ2) is 11.6. The molecule has 0 aromatic heterocycles. The molecule has 0 nitrogen and oxygen atoms in total. The van der Waals surface area contributed by atoms with E-state index in [0.717, 1.165) is 19.0 Å². The number of unbranched alkanes of at least 4 members (excludes halogenated alkanes) is 1. The van der Waals surface area contributed by atoms with E-state index in [1.807, 2.05) is 0 Å². The Morgan fingerprint density at radius 3 is 1.11 bits per heavy atom. The maximum atomic E-state index is 4.58. The molecule has 0 aliphatic rings. The molecule has 0 spiro atoms. The molecule has 0 atom stereocenters. The summed E-state index contributed by atoms with van der Waals surface area (Å²) in [5.41, 5.74) is 4.22. The predicted octanol–water partition coefficient (Wildman–Crippen LogP) is 8.59. The third-order valence-corrected chi connectivity index (χ3v) is 16.9. The first-order chi connectivity index (χ1) is 18.2. The predicted molar refractivity (Wildman–Crippen MR) is 167 cm³/mol. The van der Waals surface area contributed by atoms with Crippen molar-refractivity contribution in [3.8, 4) is 0 Å². The topological polar surface area (TPSA) is 0 Å². The summed E-state index contributed by atoms with van der Waals surface area (Å²) in [6.07, 6.45) is 5.64. The van der Waals surface area contributed by atoms with Gasteiger partial charge in [-0.05, 0) is 0 Å². The molecule has 0 radical (unpaired) electrons. The van der Waals surface area contributed by atoms with Crippen molar-refractivity contribution in [3.63, 3.8) is 0 Å². The molecule has 37 heavy (non-hydrogen) atoms. The SMILES string of the molecule is BrP(Cc1ccc(CCCCc2ccccc2)cc1)(c1ccccc1)(c1ccccc1)c1ccccc1. The summed E-state index contributed by atoms with van der Waals surface area (Å²) in [5.74, 6) is 0. The van der Waals surface area contributed by atoms with Gasteiger partial charge in [-0.25, -0.2) is 0 Å². The van der Waals surface area contributed by atoms with Gasteiger partial charge in [0.25, 0.3) is 0 Å². The second-order valence-corrected chi connectivity index (χ2v) is 18.8. The van der Waals surface area contributed by atoms with Gasteiger partial charge in [0, 0.05) is 0 Å². The Labute approximate surface area is 230 Å². The van der Waals surface area contributed by atoms with Crippen LogP contribution in [-0.4, -0.2) is 0 Å². The van der Waals surface area contributed by atoms with Crippen LogP contribution in [0.3, 0.4) is 0 Å². The summed E-state index contributed by atoms with van der Waals surface area (Å²) in [4.78, 5) is 0. The molecule has 0 saturated carbocycles. The monoisotopic (exact) mass is 564 g/mol. The third-order valence-electron chi connectivity index (χ3n) is 7.41. The summed E-state index contributed by atoms with van der Waals surface area (Å²) >= 11 is 4.58. The third kappa shape index (κ3) is 5.49. The molecule has 0 aliphatic heterocycles. The van der Waals surface area contributed by atoms with Crippen molar-refractivity contribution in [2.24, 2.45) is 0 Å². The second-order valence-electron chi connectivity index (χ2n) is 9.86. The first-order valence-corrected chi connectivity index (χ1v) is 17.6. The molecular weight excluding hydrogens is 531 g/mol. The molecule has 5 aromatic rings. The maximum absolute atomic E-state index is 4.58. The molecule has 0 amide bonds. The molecule has 2 heteroatoms. The van der Waals surface area contributed by atoms with Crippen molar-refractivity contribution in [2.75, 3.05) is 0 Å². The van der Waals surface area contributed by atoms with Crippen molar-refractivity contribution in [1.29, 1.82) is 0 Å². The van der Waals surface area contributed by atoms with Crippen LogP contribution in [0.25, 0.3) is 0 Å². The van der Waals surface area contributed by atoms with Crippen LogP contribution in [0.15, 0.2) is 146 Å². The van der Waals surface area contributed by atoms with E-state index in [-0.39, 0.29) is 0 Å². The van der Waals surface area contributed by atoms with Crippen LogP contribution >= 0.6 is 20.8 Å². The molecule has 5 rings (SSSR count). The molecule has 0 N–H and O–H groups in total. The zero-order valence-corrected chi connectivity index (χ0v) is 23.7. The van der Waals surface area contributed by atoms with Crippen LogP contribution in [0.1, 0.15) is 29.5 Å². The van der Waals surface area contributed by atoms with Crippen LogP contribution in [-0.2, 0) is 19.0 Å². The van der Waals surface area contributed by atoms with E-state index in [1.54, 1.807) is 0 Å². The van der Waals surface area contributed by atoms with E-state index in [9.17, 15) is 0 Å². The van der Waals surface area contributed by atoms with Gasteiger partial charge in [0.1, 0.15) is 0 Å². The number of rotatable bonds is 10. The molecule has 5 aromatic carbocycles. The number of halogens is 1. The average Bonchev–Trinajstić information content (AvgIpc) is 2.98. The van der Waals surface area contributed by atoms with Gasteiger partial charge in [-0.3, -0.25) is 0 Å². The minimum absolute atomic E-state index is 0.928. The van der Waals surface area contributed by atoms with E-state index in [0.29, 0.717) is 0 Å². The van der Waals surface area contributed by atoms with Gasteiger partial charge < -0.3 is 0 Å². The van der Waals surface area contributed by atoms with E-state index in [1.165, 1.54) is 45.4 Å². The quantitative estimate of drug-likeness (QED) is 0.118. The zero-order valence-electron chi connectivity index (χ0n) is 21.2. The van der Waals surface area contributed by atoms with E-state index in [4.69, 9.17) is 0 Å². The molecule has 0 bridgehead atoms. The number of hydrogen-bond donors (Lipinski definition) is 0. The number of hydrogen-bond acceptors (Lipinski definition) is 0. The molecule has 0 unspecified atom stereocenters. The van der Waals surface area contributed by atoms with E-state index in [2.05, 4.69) is 161 Å². The normalized spacial score (nSPS) is 12.5. The molecule has 186 valence electrons. The average molecular weight is 566 g/mol. The number of benzene rings is 5. The number of aryl methyl sites for hydroxylation is 2. The first-order valence-electron chi connectivity index (χ1n) is 13.2. The van der Waals surface area contributed by atoms with Gasteiger partial charge in [0.15, 0.2) is 0 Å². The van der Waals surface area contributed by atoms with Crippen LogP contribution < -0.4 is 15.9 Å². The Hall–Kier alpha value is -2.99. The van der Waals surface area contributed by atoms with E-state index < -0.39 is 5.31 Å². The van der Waals surface area contributed by atoms with Crippen molar-refractivity contribution >= 4 is 36.7 Å². The summed E-state index contributed by atoms with van der Waals surface area (Å²) in [7, 11) is 0. The molecular formula is C35H34BrP. The Morgan fingerprint density at radius 2 is 0.703 bits per heavy atom. The van der Waals surface area contributed by atoms with Crippen molar-refractivity contribution in [1.82, 2.24) is 0 Å². The van der Waals surface area contributed by atoms with Crippen LogP contribution in [0.5, 0.6) is 0 Å². The fourth-order valence-corrected chi connectivity index (χ4v) is 13.1. The summed E-state index contributed by atoms with van der Waals surface area (Å²) in [6, 6.07) is 53.3. The Bertz CT molecular complexity index is 1280. The fourth-order valence-electron chi connectivity index (χ4n) is 5.39. The van der Waals surface area contributed by atoms with Crippen molar-refractivity contribution < 1.29 is 0 Å². The summed E-state index contributed by atoms with van der Waals surface area (Å²) < 4.78 is 0. The van der Waals surface area contributed by atoms with Gasteiger partial charge in [0.2, 0.25) is 0 Å². The molecule has 0 fully saturated rings. The molecule has 0 aliphatic carbocycles. The zero-order chi connectivity index (χ0) is 25.4. The van der Waals surface area contributed by atoms with Crippen LogP contribution in [0.4, 0.5) is 0 Å². The van der Waals surface area contributed by atoms with Gasteiger partial charge in [-0.1, -0.05) is 6.07 Å².